The molecular weight excluding hydrogens is 418 g/mol. The van der Waals surface area contributed by atoms with E-state index in [0.29, 0.717) is 19.5 Å². The van der Waals surface area contributed by atoms with Crippen molar-refractivity contribution in [3.05, 3.63) is 66.2 Å². The molecule has 0 saturated heterocycles. The van der Waals surface area contributed by atoms with Crippen molar-refractivity contribution in [2.75, 3.05) is 13.6 Å². The minimum atomic E-state index is -0.0711. The van der Waals surface area contributed by atoms with Gasteiger partial charge in [0.1, 0.15) is 10.8 Å². The summed E-state index contributed by atoms with van der Waals surface area (Å²) in [4.78, 5) is 26.0. The fraction of sp³-hybridized carbons (Fsp3) is 0.280. The number of benzene rings is 2. The van der Waals surface area contributed by atoms with E-state index in [1.165, 1.54) is 4.70 Å². The number of carbonyl (C=O) groups is 1. The van der Waals surface area contributed by atoms with Crippen molar-refractivity contribution in [2.24, 2.45) is 9.98 Å². The number of nitrogens with zero attached hydrogens (tertiary/aromatic N) is 3. The highest BCUT2D eigenvalue weighted by atomic mass is 32.1. The molecule has 1 aromatic heterocycles. The van der Waals surface area contributed by atoms with E-state index < -0.39 is 0 Å². The van der Waals surface area contributed by atoms with Gasteiger partial charge in [-0.25, -0.2) is 4.98 Å². The summed E-state index contributed by atoms with van der Waals surface area (Å²) in [5.74, 6) is 0.761. The average molecular weight is 446 g/mol. The van der Waals surface area contributed by atoms with Crippen LogP contribution in [0.3, 0.4) is 0 Å². The van der Waals surface area contributed by atoms with Crippen molar-refractivity contribution in [3.63, 3.8) is 0 Å². The van der Waals surface area contributed by atoms with Gasteiger partial charge in [-0.2, -0.15) is 0 Å². The Morgan fingerprint density at radius 1 is 1.25 bits per heavy atom. The van der Waals surface area contributed by atoms with Crippen molar-refractivity contribution in [3.8, 4) is 10.6 Å². The number of hydrogen-bond donors (Lipinski definition) is 2. The summed E-state index contributed by atoms with van der Waals surface area (Å²) in [5, 5.41) is 7.27. The van der Waals surface area contributed by atoms with Crippen LogP contribution in [0.5, 0.6) is 0 Å². The fourth-order valence-corrected chi connectivity index (χ4v) is 4.47. The van der Waals surface area contributed by atoms with E-state index in [9.17, 15) is 4.79 Å². The minimum Gasteiger partial charge on any atom is -0.366 e. The number of hydrogen-bond acceptors (Lipinski definition) is 6. The van der Waals surface area contributed by atoms with Crippen LogP contribution < -0.4 is 10.6 Å². The van der Waals surface area contributed by atoms with Crippen molar-refractivity contribution < 1.29 is 4.79 Å². The normalized spacial score (nSPS) is 16.4. The molecule has 0 radical (unpaired) electrons. The fourth-order valence-electron chi connectivity index (χ4n) is 3.50. The molecule has 1 aliphatic rings. The lowest BCUT2D eigenvalue weighted by atomic mass is 10.1. The summed E-state index contributed by atoms with van der Waals surface area (Å²) in [6, 6.07) is 16.3. The maximum absolute atomic E-state index is 12.4. The van der Waals surface area contributed by atoms with Gasteiger partial charge in [0.05, 0.1) is 28.4 Å². The van der Waals surface area contributed by atoms with Crippen LogP contribution >= 0.6 is 11.3 Å². The number of allylic oxidation sites excluding steroid dienone is 1. The molecule has 1 aliphatic heterocycles. The number of aliphatic imine (C=N–C) groups is 2. The molecule has 4 rings (SSSR count). The number of amidine groups is 1. The van der Waals surface area contributed by atoms with Gasteiger partial charge in [0, 0.05) is 25.7 Å². The van der Waals surface area contributed by atoms with Gasteiger partial charge in [0.15, 0.2) is 0 Å². The molecule has 1 unspecified atom stereocenters. The van der Waals surface area contributed by atoms with Gasteiger partial charge in [-0.15, -0.1) is 11.3 Å². The van der Waals surface area contributed by atoms with Crippen molar-refractivity contribution >= 4 is 39.0 Å². The number of fused-ring (bicyclic) bond motifs is 1. The summed E-state index contributed by atoms with van der Waals surface area (Å²) in [7, 11) is 1.75. The molecule has 0 fully saturated rings. The molecule has 1 amide bonds. The molecule has 3 aromatic rings. The highest BCUT2D eigenvalue weighted by Crippen LogP contribution is 2.29. The molecular formula is C25H27N5OS. The monoisotopic (exact) mass is 445 g/mol. The van der Waals surface area contributed by atoms with E-state index in [1.54, 1.807) is 18.4 Å². The van der Waals surface area contributed by atoms with Crippen LogP contribution in [0, 0.1) is 0 Å². The molecule has 0 aliphatic carbocycles. The Bertz CT molecular complexity index is 1140. The van der Waals surface area contributed by atoms with Gasteiger partial charge in [0.25, 0.3) is 0 Å². The predicted molar refractivity (Wildman–Crippen MR) is 134 cm³/mol. The van der Waals surface area contributed by atoms with Crippen LogP contribution in [0.15, 0.2) is 70.7 Å². The van der Waals surface area contributed by atoms with E-state index >= 15 is 0 Å². The van der Waals surface area contributed by atoms with Crippen molar-refractivity contribution in [1.82, 2.24) is 15.6 Å². The van der Waals surface area contributed by atoms with E-state index in [2.05, 4.69) is 51.8 Å². The van der Waals surface area contributed by atoms with Crippen LogP contribution in [-0.4, -0.2) is 42.1 Å². The lowest BCUT2D eigenvalue weighted by Crippen LogP contribution is -2.30. The van der Waals surface area contributed by atoms with Crippen LogP contribution in [0.1, 0.15) is 25.3 Å². The molecule has 164 valence electrons. The maximum Gasteiger partial charge on any atom is 0.222 e. The highest BCUT2D eigenvalue weighted by molar-refractivity contribution is 7.21. The van der Waals surface area contributed by atoms with Crippen LogP contribution in [0.25, 0.3) is 20.8 Å². The second-order valence-electron chi connectivity index (χ2n) is 7.60. The molecule has 0 spiro atoms. The third-order valence-corrected chi connectivity index (χ3v) is 6.30. The highest BCUT2D eigenvalue weighted by Gasteiger charge is 2.21. The quantitative estimate of drug-likeness (QED) is 0.505. The molecule has 2 aromatic carbocycles. The first kappa shape index (κ1) is 21.9. The Balaban J connectivity index is 1.30. The zero-order valence-corrected chi connectivity index (χ0v) is 19.2. The number of para-hydroxylation sites is 1. The minimum absolute atomic E-state index is 0.00358. The summed E-state index contributed by atoms with van der Waals surface area (Å²) < 4.78 is 1.18. The van der Waals surface area contributed by atoms with E-state index in [0.717, 1.165) is 39.6 Å². The van der Waals surface area contributed by atoms with Gasteiger partial charge in [-0.1, -0.05) is 49.4 Å². The number of rotatable bonds is 8. The third-order valence-electron chi connectivity index (χ3n) is 5.22. The molecule has 0 saturated carbocycles. The zero-order chi connectivity index (χ0) is 22.3. The number of nitrogens with one attached hydrogen (secondary N) is 2. The SMILES string of the molecule is CC/C=C\C(=N/C)C1=NC(CC(=O)NCc2ccc(-c3nc4ccccc4s3)cc2)CN1. The van der Waals surface area contributed by atoms with Crippen molar-refractivity contribution in [2.45, 2.75) is 32.4 Å². The van der Waals surface area contributed by atoms with Gasteiger partial charge in [0.2, 0.25) is 5.91 Å². The lowest BCUT2D eigenvalue weighted by molar-refractivity contribution is -0.121. The second-order valence-corrected chi connectivity index (χ2v) is 8.63. The summed E-state index contributed by atoms with van der Waals surface area (Å²) in [6.07, 6.45) is 5.31. The Morgan fingerprint density at radius 2 is 2.06 bits per heavy atom. The first-order chi connectivity index (χ1) is 15.7. The third kappa shape index (κ3) is 5.29. The van der Waals surface area contributed by atoms with Crippen LogP contribution in [0.2, 0.25) is 0 Å². The summed E-state index contributed by atoms with van der Waals surface area (Å²) >= 11 is 1.69. The molecule has 2 N–H and O–H groups in total. The number of carbonyl (C=O) groups excluding carboxylic acids is 1. The number of thiazole rings is 1. The molecule has 32 heavy (non-hydrogen) atoms. The Labute approximate surface area is 192 Å². The molecule has 0 bridgehead atoms. The van der Waals surface area contributed by atoms with Gasteiger partial charge >= 0.3 is 0 Å². The smallest absolute Gasteiger partial charge is 0.222 e. The van der Waals surface area contributed by atoms with E-state index in [-0.39, 0.29) is 11.9 Å². The molecule has 7 heteroatoms. The van der Waals surface area contributed by atoms with Crippen molar-refractivity contribution in [1.29, 1.82) is 0 Å². The topological polar surface area (TPSA) is 78.7 Å². The van der Waals surface area contributed by atoms with Gasteiger partial charge in [-0.05, 0) is 30.2 Å². The largest absolute Gasteiger partial charge is 0.366 e. The Kier molecular flexibility index (Phi) is 7.07. The first-order valence-electron chi connectivity index (χ1n) is 10.8. The molecule has 2 heterocycles. The number of aromatic nitrogens is 1. The van der Waals surface area contributed by atoms with Crippen LogP contribution in [-0.2, 0) is 11.3 Å². The Hall–Kier alpha value is -3.32. The predicted octanol–water partition coefficient (Wildman–Crippen LogP) is 4.38. The van der Waals surface area contributed by atoms with Gasteiger partial charge < -0.3 is 10.6 Å². The molecule has 6 nitrogen and oxygen atoms in total. The molecule has 1 atom stereocenters. The number of amides is 1. The summed E-state index contributed by atoms with van der Waals surface area (Å²) in [6.45, 7) is 3.23. The second kappa shape index (κ2) is 10.3. The standard InChI is InChI=1S/C25H27N5OS/c1-3-4-7-21(26-2)24-28-16-19(29-24)14-23(31)27-15-17-10-12-18(13-11-17)25-30-20-8-5-6-9-22(20)32-25/h4-13,19H,3,14-16H2,1-2H3,(H,27,31)(H,28,29)/b7-4-,26-21+. The van der Waals surface area contributed by atoms with Gasteiger partial charge in [-0.3, -0.25) is 14.8 Å². The first-order valence-corrected chi connectivity index (χ1v) is 11.6. The Morgan fingerprint density at radius 3 is 2.81 bits per heavy atom. The van der Waals surface area contributed by atoms with Crippen LogP contribution in [0.4, 0.5) is 0 Å². The summed E-state index contributed by atoms with van der Waals surface area (Å²) in [5.41, 5.74) is 3.99. The van der Waals surface area contributed by atoms with E-state index in [1.807, 2.05) is 36.4 Å². The lowest BCUT2D eigenvalue weighted by Gasteiger charge is -2.08. The zero-order valence-electron chi connectivity index (χ0n) is 18.3. The average Bonchev–Trinajstić information content (AvgIpc) is 3.46. The van der Waals surface area contributed by atoms with E-state index in [4.69, 9.17) is 4.98 Å². The maximum atomic E-state index is 12.4.